The van der Waals surface area contributed by atoms with Gasteiger partial charge in [0.15, 0.2) is 0 Å². The number of rotatable bonds is 5. The van der Waals surface area contributed by atoms with Gasteiger partial charge in [-0.1, -0.05) is 13.8 Å². The van der Waals surface area contributed by atoms with Crippen molar-refractivity contribution in [3.63, 3.8) is 0 Å². The molecule has 0 aromatic carbocycles. The molecule has 0 fully saturated rings. The van der Waals surface area contributed by atoms with Crippen molar-refractivity contribution in [1.29, 1.82) is 0 Å². The largest absolute Gasteiger partial charge is 0.354 e. The van der Waals surface area contributed by atoms with E-state index in [1.165, 1.54) is 0 Å². The minimum Gasteiger partial charge on any atom is -0.354 e. The quantitative estimate of drug-likeness (QED) is 0.679. The van der Waals surface area contributed by atoms with Gasteiger partial charge in [0.1, 0.15) is 0 Å². The Labute approximate surface area is 81.1 Å². The van der Waals surface area contributed by atoms with Gasteiger partial charge in [-0.25, -0.2) is 0 Å². The Morgan fingerprint density at radius 3 is 2.15 bits per heavy atom. The Kier molecular flexibility index (Phi) is 4.99. The highest BCUT2D eigenvalue weighted by Gasteiger charge is 2.17. The van der Waals surface area contributed by atoms with Crippen LogP contribution in [0.1, 0.15) is 40.5 Å². The SMILES string of the molecule is CCC(CC)C(=O)NCC(C)(C)N. The summed E-state index contributed by atoms with van der Waals surface area (Å²) in [6.45, 7) is 8.41. The van der Waals surface area contributed by atoms with Crippen molar-refractivity contribution in [2.45, 2.75) is 46.1 Å². The van der Waals surface area contributed by atoms with Gasteiger partial charge >= 0.3 is 0 Å². The molecule has 0 aromatic rings. The highest BCUT2D eigenvalue weighted by atomic mass is 16.1. The molecule has 3 N–H and O–H groups in total. The molecule has 0 heterocycles. The number of amides is 1. The highest BCUT2D eigenvalue weighted by molar-refractivity contribution is 5.78. The van der Waals surface area contributed by atoms with Gasteiger partial charge in [-0.2, -0.15) is 0 Å². The van der Waals surface area contributed by atoms with Crippen LogP contribution in [0.4, 0.5) is 0 Å². The lowest BCUT2D eigenvalue weighted by Crippen LogP contribution is -2.46. The molecule has 0 aromatic heterocycles. The summed E-state index contributed by atoms with van der Waals surface area (Å²) in [4.78, 5) is 11.5. The van der Waals surface area contributed by atoms with Crippen molar-refractivity contribution >= 4 is 5.91 Å². The number of carbonyl (C=O) groups is 1. The molecule has 0 atom stereocenters. The standard InChI is InChI=1S/C10H22N2O/c1-5-8(6-2)9(13)12-7-10(3,4)11/h8H,5-7,11H2,1-4H3,(H,12,13). The molecular weight excluding hydrogens is 164 g/mol. The normalized spacial score (nSPS) is 11.8. The van der Waals surface area contributed by atoms with Crippen LogP contribution in [-0.4, -0.2) is 18.0 Å². The Balaban J connectivity index is 3.86. The van der Waals surface area contributed by atoms with Gasteiger partial charge in [0.2, 0.25) is 5.91 Å². The third kappa shape index (κ3) is 5.64. The monoisotopic (exact) mass is 186 g/mol. The van der Waals surface area contributed by atoms with Gasteiger partial charge in [-0.05, 0) is 26.7 Å². The molecule has 0 unspecified atom stereocenters. The van der Waals surface area contributed by atoms with E-state index in [1.807, 2.05) is 27.7 Å². The molecule has 0 radical (unpaired) electrons. The van der Waals surface area contributed by atoms with Crippen molar-refractivity contribution < 1.29 is 4.79 Å². The maximum Gasteiger partial charge on any atom is 0.223 e. The van der Waals surface area contributed by atoms with Crippen LogP contribution in [0.15, 0.2) is 0 Å². The zero-order valence-corrected chi connectivity index (χ0v) is 9.18. The second kappa shape index (κ2) is 5.22. The van der Waals surface area contributed by atoms with Crippen molar-refractivity contribution in [1.82, 2.24) is 5.32 Å². The molecule has 78 valence electrons. The van der Waals surface area contributed by atoms with Crippen molar-refractivity contribution in [3.8, 4) is 0 Å². The third-order valence-electron chi connectivity index (χ3n) is 2.07. The van der Waals surface area contributed by atoms with E-state index in [1.54, 1.807) is 0 Å². The van der Waals surface area contributed by atoms with E-state index in [9.17, 15) is 4.79 Å². The fourth-order valence-corrected chi connectivity index (χ4v) is 1.12. The van der Waals surface area contributed by atoms with E-state index < -0.39 is 0 Å². The Hall–Kier alpha value is -0.570. The summed E-state index contributed by atoms with van der Waals surface area (Å²) in [7, 11) is 0. The second-order valence-corrected chi connectivity index (χ2v) is 4.22. The molecule has 13 heavy (non-hydrogen) atoms. The van der Waals surface area contributed by atoms with Crippen LogP contribution in [0.25, 0.3) is 0 Å². The molecule has 0 saturated carbocycles. The van der Waals surface area contributed by atoms with Crippen LogP contribution in [0, 0.1) is 5.92 Å². The van der Waals surface area contributed by atoms with Gasteiger partial charge in [0, 0.05) is 18.0 Å². The van der Waals surface area contributed by atoms with Gasteiger partial charge in [-0.3, -0.25) is 4.79 Å². The van der Waals surface area contributed by atoms with E-state index in [4.69, 9.17) is 5.73 Å². The van der Waals surface area contributed by atoms with E-state index in [-0.39, 0.29) is 17.4 Å². The molecule has 0 aliphatic rings. The van der Waals surface area contributed by atoms with Crippen LogP contribution in [-0.2, 0) is 4.79 Å². The van der Waals surface area contributed by atoms with Crippen LogP contribution in [0.3, 0.4) is 0 Å². The molecule has 0 spiro atoms. The number of hydrogen-bond acceptors (Lipinski definition) is 2. The summed E-state index contributed by atoms with van der Waals surface area (Å²) >= 11 is 0. The van der Waals surface area contributed by atoms with Crippen molar-refractivity contribution in [2.24, 2.45) is 11.7 Å². The average Bonchev–Trinajstić information content (AvgIpc) is 2.02. The summed E-state index contributed by atoms with van der Waals surface area (Å²) < 4.78 is 0. The molecule has 0 rings (SSSR count). The Bertz CT molecular complexity index is 157. The summed E-state index contributed by atoms with van der Waals surface area (Å²) in [6, 6.07) is 0. The lowest BCUT2D eigenvalue weighted by Gasteiger charge is -2.21. The minimum atomic E-state index is -0.318. The number of hydrogen-bond donors (Lipinski definition) is 2. The number of nitrogens with two attached hydrogens (primary N) is 1. The summed E-state index contributed by atoms with van der Waals surface area (Å²) in [6.07, 6.45) is 1.79. The average molecular weight is 186 g/mol. The molecule has 0 aliphatic heterocycles. The van der Waals surface area contributed by atoms with Gasteiger partial charge in [0.05, 0.1) is 0 Å². The van der Waals surface area contributed by atoms with Crippen LogP contribution in [0.2, 0.25) is 0 Å². The highest BCUT2D eigenvalue weighted by Crippen LogP contribution is 2.07. The predicted octanol–water partition coefficient (Wildman–Crippen LogP) is 1.28. The van der Waals surface area contributed by atoms with Crippen LogP contribution >= 0.6 is 0 Å². The number of nitrogens with one attached hydrogen (secondary N) is 1. The molecule has 0 bridgehead atoms. The van der Waals surface area contributed by atoms with E-state index >= 15 is 0 Å². The lowest BCUT2D eigenvalue weighted by molar-refractivity contribution is -0.125. The van der Waals surface area contributed by atoms with Gasteiger partial charge < -0.3 is 11.1 Å². The van der Waals surface area contributed by atoms with Gasteiger partial charge in [-0.15, -0.1) is 0 Å². The lowest BCUT2D eigenvalue weighted by atomic mass is 10.0. The number of carbonyl (C=O) groups excluding carboxylic acids is 1. The summed E-state index contributed by atoms with van der Waals surface area (Å²) in [5.74, 6) is 0.269. The molecular formula is C10H22N2O. The van der Waals surface area contributed by atoms with E-state index in [0.29, 0.717) is 6.54 Å². The summed E-state index contributed by atoms with van der Waals surface area (Å²) in [5.41, 5.74) is 5.43. The molecule has 0 aliphatic carbocycles. The van der Waals surface area contributed by atoms with Crippen molar-refractivity contribution in [2.75, 3.05) is 6.54 Å². The zero-order valence-electron chi connectivity index (χ0n) is 9.18. The zero-order chi connectivity index (χ0) is 10.5. The van der Waals surface area contributed by atoms with E-state index in [0.717, 1.165) is 12.8 Å². The van der Waals surface area contributed by atoms with Crippen LogP contribution < -0.4 is 11.1 Å². The van der Waals surface area contributed by atoms with E-state index in [2.05, 4.69) is 5.32 Å². The molecule has 0 saturated heterocycles. The molecule has 3 nitrogen and oxygen atoms in total. The smallest absolute Gasteiger partial charge is 0.223 e. The fourth-order valence-electron chi connectivity index (χ4n) is 1.12. The maximum absolute atomic E-state index is 11.5. The summed E-state index contributed by atoms with van der Waals surface area (Å²) in [5, 5.41) is 2.86. The molecule has 1 amide bonds. The van der Waals surface area contributed by atoms with Crippen LogP contribution in [0.5, 0.6) is 0 Å². The Morgan fingerprint density at radius 1 is 1.38 bits per heavy atom. The second-order valence-electron chi connectivity index (χ2n) is 4.22. The first-order valence-corrected chi connectivity index (χ1v) is 4.97. The molecule has 3 heteroatoms. The first kappa shape index (κ1) is 12.4. The Morgan fingerprint density at radius 2 is 1.85 bits per heavy atom. The minimum absolute atomic E-state index is 0.128. The van der Waals surface area contributed by atoms with Crippen molar-refractivity contribution in [3.05, 3.63) is 0 Å². The topological polar surface area (TPSA) is 55.1 Å². The maximum atomic E-state index is 11.5. The first-order chi connectivity index (χ1) is 5.90. The third-order valence-corrected chi connectivity index (χ3v) is 2.07. The fraction of sp³-hybridized carbons (Fsp3) is 0.900. The van der Waals surface area contributed by atoms with Gasteiger partial charge in [0.25, 0.3) is 0 Å². The first-order valence-electron chi connectivity index (χ1n) is 4.97. The predicted molar refractivity (Wildman–Crippen MR) is 55.3 cm³/mol.